The van der Waals surface area contributed by atoms with E-state index in [1.165, 1.54) is 7.11 Å². The van der Waals surface area contributed by atoms with Crippen LogP contribution in [0.25, 0.3) is 0 Å². The largest absolute Gasteiger partial charge is 0.467 e. The summed E-state index contributed by atoms with van der Waals surface area (Å²) in [4.78, 5) is 15.7. The Morgan fingerprint density at radius 2 is 2.29 bits per heavy atom. The number of carbonyl (C=O) groups is 1. The fourth-order valence-corrected chi connectivity index (χ4v) is 2.02. The first kappa shape index (κ1) is 13.8. The predicted octanol–water partition coefficient (Wildman–Crippen LogP) is 2.18. The van der Waals surface area contributed by atoms with Gasteiger partial charge in [0.05, 0.1) is 7.11 Å². The molecule has 0 aliphatic carbocycles. The molecule has 0 spiro atoms. The van der Waals surface area contributed by atoms with Gasteiger partial charge in [0.15, 0.2) is 0 Å². The Morgan fingerprint density at radius 3 is 2.82 bits per heavy atom. The van der Waals surface area contributed by atoms with E-state index >= 15 is 0 Å². The van der Waals surface area contributed by atoms with Crippen LogP contribution in [0, 0.1) is 0 Å². The van der Waals surface area contributed by atoms with Gasteiger partial charge in [0, 0.05) is 11.9 Å². The van der Waals surface area contributed by atoms with Crippen molar-refractivity contribution in [1.82, 2.24) is 4.98 Å². The first-order valence-electron chi connectivity index (χ1n) is 5.50. The van der Waals surface area contributed by atoms with Gasteiger partial charge < -0.3 is 10.1 Å². The average molecular weight is 254 g/mol. The van der Waals surface area contributed by atoms with Gasteiger partial charge >= 0.3 is 5.97 Å². The molecule has 1 rings (SSSR count). The highest BCUT2D eigenvalue weighted by Crippen LogP contribution is 2.14. The summed E-state index contributed by atoms with van der Waals surface area (Å²) in [6, 6.07) is 5.18. The van der Waals surface area contributed by atoms with Crippen LogP contribution in [0.4, 0.5) is 5.82 Å². The quantitative estimate of drug-likeness (QED) is 0.789. The van der Waals surface area contributed by atoms with Gasteiger partial charge in [-0.2, -0.15) is 11.8 Å². The Balaban J connectivity index is 2.60. The summed E-state index contributed by atoms with van der Waals surface area (Å²) in [5.41, 5.74) is 0. The van der Waals surface area contributed by atoms with E-state index in [-0.39, 0.29) is 12.0 Å². The molecule has 0 saturated carbocycles. The van der Waals surface area contributed by atoms with E-state index in [0.717, 1.165) is 0 Å². The van der Waals surface area contributed by atoms with Crippen molar-refractivity contribution < 1.29 is 9.53 Å². The summed E-state index contributed by atoms with van der Waals surface area (Å²) in [6.07, 6.45) is 1.69. The van der Waals surface area contributed by atoms with Crippen molar-refractivity contribution in [3.63, 3.8) is 0 Å². The van der Waals surface area contributed by atoms with Crippen LogP contribution in [-0.4, -0.2) is 35.1 Å². The molecule has 0 amide bonds. The Morgan fingerprint density at radius 1 is 1.53 bits per heavy atom. The number of thioether (sulfide) groups is 1. The average Bonchev–Trinajstić information content (AvgIpc) is 2.34. The molecule has 1 N–H and O–H groups in total. The molecular weight excluding hydrogens is 236 g/mol. The number of ether oxygens (including phenoxy) is 1. The van der Waals surface area contributed by atoms with E-state index in [1.807, 2.05) is 18.2 Å². The SMILES string of the molecule is COC(=O)C(CSC(C)C)Nc1ccccn1. The van der Waals surface area contributed by atoms with Crippen molar-refractivity contribution in [3.8, 4) is 0 Å². The van der Waals surface area contributed by atoms with Crippen LogP contribution < -0.4 is 5.32 Å². The maximum absolute atomic E-state index is 11.6. The van der Waals surface area contributed by atoms with E-state index in [0.29, 0.717) is 16.8 Å². The molecule has 94 valence electrons. The zero-order valence-corrected chi connectivity index (χ0v) is 11.2. The molecule has 5 heteroatoms. The summed E-state index contributed by atoms with van der Waals surface area (Å²) in [6.45, 7) is 4.19. The summed E-state index contributed by atoms with van der Waals surface area (Å²) in [5, 5.41) is 3.56. The number of hydrogen-bond acceptors (Lipinski definition) is 5. The molecule has 0 fully saturated rings. The number of aromatic nitrogens is 1. The first-order chi connectivity index (χ1) is 8.13. The third-order valence-corrected chi connectivity index (χ3v) is 3.26. The van der Waals surface area contributed by atoms with Gasteiger partial charge in [-0.1, -0.05) is 19.9 Å². The second-order valence-electron chi connectivity index (χ2n) is 3.82. The lowest BCUT2D eigenvalue weighted by molar-refractivity contribution is -0.140. The maximum atomic E-state index is 11.6. The maximum Gasteiger partial charge on any atom is 0.329 e. The van der Waals surface area contributed by atoms with Crippen LogP contribution >= 0.6 is 11.8 Å². The van der Waals surface area contributed by atoms with Gasteiger partial charge in [0.1, 0.15) is 11.9 Å². The van der Waals surface area contributed by atoms with Crippen molar-refractivity contribution in [1.29, 1.82) is 0 Å². The lowest BCUT2D eigenvalue weighted by atomic mass is 10.3. The summed E-state index contributed by atoms with van der Waals surface area (Å²) in [5.74, 6) is 1.09. The van der Waals surface area contributed by atoms with Crippen LogP contribution in [0.3, 0.4) is 0 Å². The molecule has 0 bridgehead atoms. The number of rotatable bonds is 6. The number of hydrogen-bond donors (Lipinski definition) is 1. The van der Waals surface area contributed by atoms with Gasteiger partial charge in [0.2, 0.25) is 0 Å². The molecule has 17 heavy (non-hydrogen) atoms. The standard InChI is InChI=1S/C12H18N2O2S/c1-9(2)17-8-10(12(15)16-3)14-11-6-4-5-7-13-11/h4-7,9-10H,8H2,1-3H3,(H,13,14). The number of nitrogens with zero attached hydrogens (tertiary/aromatic N) is 1. The van der Waals surface area contributed by atoms with Gasteiger partial charge in [-0.25, -0.2) is 9.78 Å². The van der Waals surface area contributed by atoms with Crippen LogP contribution in [0.5, 0.6) is 0 Å². The zero-order chi connectivity index (χ0) is 12.7. The molecule has 0 aliphatic heterocycles. The molecule has 1 aromatic rings. The number of anilines is 1. The normalized spacial score (nSPS) is 12.2. The molecule has 0 saturated heterocycles. The highest BCUT2D eigenvalue weighted by atomic mass is 32.2. The molecular formula is C12H18N2O2S. The minimum Gasteiger partial charge on any atom is -0.467 e. The molecule has 0 aliphatic rings. The third kappa shape index (κ3) is 5.08. The molecule has 1 unspecified atom stereocenters. The highest BCUT2D eigenvalue weighted by molar-refractivity contribution is 7.99. The van der Waals surface area contributed by atoms with Gasteiger partial charge in [0.25, 0.3) is 0 Å². The van der Waals surface area contributed by atoms with Crippen molar-refractivity contribution in [2.75, 3.05) is 18.2 Å². The molecule has 4 nitrogen and oxygen atoms in total. The van der Waals surface area contributed by atoms with Gasteiger partial charge in [-0.3, -0.25) is 0 Å². The van der Waals surface area contributed by atoms with Crippen LogP contribution in [0.15, 0.2) is 24.4 Å². The molecule has 1 atom stereocenters. The number of pyridine rings is 1. The van der Waals surface area contributed by atoms with Crippen molar-refractivity contribution in [3.05, 3.63) is 24.4 Å². The Hall–Kier alpha value is -1.23. The van der Waals surface area contributed by atoms with E-state index < -0.39 is 0 Å². The molecule has 0 radical (unpaired) electrons. The lowest BCUT2D eigenvalue weighted by Gasteiger charge is -2.17. The lowest BCUT2D eigenvalue weighted by Crippen LogP contribution is -2.33. The van der Waals surface area contributed by atoms with E-state index in [1.54, 1.807) is 18.0 Å². The van der Waals surface area contributed by atoms with Crippen LogP contribution in [-0.2, 0) is 9.53 Å². The van der Waals surface area contributed by atoms with Crippen LogP contribution in [0.1, 0.15) is 13.8 Å². The number of carbonyl (C=O) groups excluding carboxylic acids is 1. The predicted molar refractivity (Wildman–Crippen MR) is 71.3 cm³/mol. The second-order valence-corrected chi connectivity index (χ2v) is 5.43. The van der Waals surface area contributed by atoms with Crippen molar-refractivity contribution in [2.24, 2.45) is 0 Å². The number of nitrogens with one attached hydrogen (secondary N) is 1. The minimum atomic E-state index is -0.359. The summed E-state index contributed by atoms with van der Waals surface area (Å²) in [7, 11) is 1.40. The second kappa shape index (κ2) is 7.17. The minimum absolute atomic E-state index is 0.260. The fourth-order valence-electron chi connectivity index (χ4n) is 1.23. The monoisotopic (exact) mass is 254 g/mol. The number of methoxy groups -OCH3 is 1. The van der Waals surface area contributed by atoms with E-state index in [9.17, 15) is 4.79 Å². The highest BCUT2D eigenvalue weighted by Gasteiger charge is 2.19. The van der Waals surface area contributed by atoms with Gasteiger partial charge in [-0.05, 0) is 17.4 Å². The zero-order valence-electron chi connectivity index (χ0n) is 10.3. The third-order valence-electron chi connectivity index (χ3n) is 2.07. The topological polar surface area (TPSA) is 51.2 Å². The van der Waals surface area contributed by atoms with Gasteiger partial charge in [-0.15, -0.1) is 0 Å². The molecule has 1 heterocycles. The van der Waals surface area contributed by atoms with Crippen molar-refractivity contribution in [2.45, 2.75) is 25.1 Å². The Kier molecular flexibility index (Phi) is 5.83. The van der Waals surface area contributed by atoms with Crippen LogP contribution in [0.2, 0.25) is 0 Å². The fraction of sp³-hybridized carbons (Fsp3) is 0.500. The summed E-state index contributed by atoms with van der Waals surface area (Å²) < 4.78 is 4.77. The Bertz CT molecular complexity index is 344. The molecule has 1 aromatic heterocycles. The van der Waals surface area contributed by atoms with Crippen molar-refractivity contribution >= 4 is 23.5 Å². The Labute approximate surface area is 106 Å². The van der Waals surface area contributed by atoms with E-state index in [4.69, 9.17) is 4.74 Å². The smallest absolute Gasteiger partial charge is 0.329 e. The number of esters is 1. The summed E-state index contributed by atoms with van der Waals surface area (Å²) >= 11 is 1.71. The molecule has 0 aromatic carbocycles. The van der Waals surface area contributed by atoms with E-state index in [2.05, 4.69) is 24.1 Å². The first-order valence-corrected chi connectivity index (χ1v) is 6.55.